The Bertz CT molecular complexity index is 610. The fourth-order valence-electron chi connectivity index (χ4n) is 1.92. The van der Waals surface area contributed by atoms with Crippen molar-refractivity contribution in [3.05, 3.63) is 58.4 Å². The third-order valence-corrected chi connectivity index (χ3v) is 3.59. The number of halogens is 1. The van der Waals surface area contributed by atoms with Crippen molar-refractivity contribution in [1.82, 2.24) is 9.88 Å². The van der Waals surface area contributed by atoms with Crippen LogP contribution in [0.5, 0.6) is 0 Å². The molecule has 2 rings (SSSR count). The van der Waals surface area contributed by atoms with Crippen molar-refractivity contribution in [3.8, 4) is 6.07 Å². The van der Waals surface area contributed by atoms with Gasteiger partial charge in [-0.1, -0.05) is 17.7 Å². The highest BCUT2D eigenvalue weighted by Crippen LogP contribution is 2.20. The zero-order valence-corrected chi connectivity index (χ0v) is 11.8. The highest BCUT2D eigenvalue weighted by molar-refractivity contribution is 6.31. The van der Waals surface area contributed by atoms with Gasteiger partial charge in [0.05, 0.1) is 11.6 Å². The van der Waals surface area contributed by atoms with Crippen LogP contribution < -0.4 is 5.32 Å². The predicted octanol–water partition coefficient (Wildman–Crippen LogP) is 3.34. The van der Waals surface area contributed by atoms with E-state index in [4.69, 9.17) is 16.9 Å². The Balaban J connectivity index is 2.17. The maximum Gasteiger partial charge on any atom is 0.0992 e. The Morgan fingerprint density at radius 3 is 2.84 bits per heavy atom. The molecule has 3 nitrogen and oxygen atoms in total. The number of hydrogen-bond donors (Lipinski definition) is 1. The largest absolute Gasteiger partial charge is 0.350 e. The van der Waals surface area contributed by atoms with E-state index in [1.54, 1.807) is 12.1 Å². The van der Waals surface area contributed by atoms with Crippen LogP contribution in [0, 0.1) is 11.3 Å². The molecule has 0 fully saturated rings. The van der Waals surface area contributed by atoms with Crippen LogP contribution in [0.4, 0.5) is 0 Å². The molecule has 1 atom stereocenters. The Labute approximate surface area is 118 Å². The van der Waals surface area contributed by atoms with Crippen molar-refractivity contribution in [2.24, 2.45) is 0 Å². The zero-order valence-electron chi connectivity index (χ0n) is 11.0. The number of nitrogens with one attached hydrogen (secondary N) is 1. The van der Waals surface area contributed by atoms with Gasteiger partial charge in [-0.15, -0.1) is 0 Å². The van der Waals surface area contributed by atoms with Crippen LogP contribution in [0.25, 0.3) is 0 Å². The van der Waals surface area contributed by atoms with Crippen LogP contribution in [0.3, 0.4) is 0 Å². The normalized spacial score (nSPS) is 12.1. The molecule has 1 heterocycles. The van der Waals surface area contributed by atoms with Crippen molar-refractivity contribution in [3.63, 3.8) is 0 Å². The van der Waals surface area contributed by atoms with Crippen molar-refractivity contribution in [2.75, 3.05) is 7.05 Å². The Hall–Kier alpha value is -1.76. The minimum absolute atomic E-state index is 0.331. The standard InChI is InChI=1S/C15H16ClN3/c1-11(18-2)13-5-6-19(9-13)10-14-4-3-12(8-17)7-15(14)16/h3-7,9,11,18H,10H2,1-2H3. The first-order chi connectivity index (χ1) is 9.13. The van der Waals surface area contributed by atoms with Crippen LogP contribution in [0.15, 0.2) is 36.7 Å². The van der Waals surface area contributed by atoms with E-state index in [1.807, 2.05) is 19.3 Å². The van der Waals surface area contributed by atoms with Crippen LogP contribution >= 0.6 is 11.6 Å². The van der Waals surface area contributed by atoms with Gasteiger partial charge in [0, 0.05) is 30.0 Å². The number of nitriles is 1. The third kappa shape index (κ3) is 3.17. The monoisotopic (exact) mass is 273 g/mol. The fourth-order valence-corrected chi connectivity index (χ4v) is 2.16. The second-order valence-corrected chi connectivity index (χ2v) is 4.95. The molecule has 0 radical (unpaired) electrons. The van der Waals surface area contributed by atoms with Gasteiger partial charge in [-0.25, -0.2) is 0 Å². The van der Waals surface area contributed by atoms with Crippen LogP contribution in [-0.4, -0.2) is 11.6 Å². The number of aromatic nitrogens is 1. The van der Waals surface area contributed by atoms with Crippen LogP contribution in [0.1, 0.15) is 29.7 Å². The summed E-state index contributed by atoms with van der Waals surface area (Å²) in [6.07, 6.45) is 4.15. The number of hydrogen-bond acceptors (Lipinski definition) is 2. The molecule has 0 aliphatic rings. The van der Waals surface area contributed by atoms with Gasteiger partial charge in [-0.05, 0) is 43.3 Å². The molecule has 19 heavy (non-hydrogen) atoms. The Morgan fingerprint density at radius 1 is 1.42 bits per heavy atom. The van der Waals surface area contributed by atoms with Gasteiger partial charge < -0.3 is 9.88 Å². The summed E-state index contributed by atoms with van der Waals surface area (Å²) in [5.41, 5.74) is 2.85. The summed E-state index contributed by atoms with van der Waals surface area (Å²) in [5.74, 6) is 0. The maximum absolute atomic E-state index is 8.81. The predicted molar refractivity (Wildman–Crippen MR) is 77.2 cm³/mol. The molecule has 1 N–H and O–H groups in total. The van der Waals surface area contributed by atoms with E-state index < -0.39 is 0 Å². The molecule has 0 aliphatic carbocycles. The van der Waals surface area contributed by atoms with Gasteiger partial charge in [0.25, 0.3) is 0 Å². The van der Waals surface area contributed by atoms with Gasteiger partial charge in [-0.3, -0.25) is 0 Å². The molecule has 0 aliphatic heterocycles. The smallest absolute Gasteiger partial charge is 0.0992 e. The number of rotatable bonds is 4. The average molecular weight is 274 g/mol. The molecule has 0 saturated carbocycles. The number of benzene rings is 1. The lowest BCUT2D eigenvalue weighted by atomic mass is 10.1. The number of nitrogens with zero attached hydrogens (tertiary/aromatic N) is 2. The van der Waals surface area contributed by atoms with Crippen molar-refractivity contribution in [2.45, 2.75) is 19.5 Å². The molecule has 1 aromatic carbocycles. The Morgan fingerprint density at radius 2 is 2.21 bits per heavy atom. The molecule has 0 bridgehead atoms. The van der Waals surface area contributed by atoms with E-state index in [0.29, 0.717) is 23.2 Å². The van der Waals surface area contributed by atoms with Gasteiger partial charge in [0.1, 0.15) is 0 Å². The van der Waals surface area contributed by atoms with Crippen molar-refractivity contribution >= 4 is 11.6 Å². The summed E-state index contributed by atoms with van der Waals surface area (Å²) >= 11 is 6.18. The Kier molecular flexibility index (Phi) is 4.26. The van der Waals surface area contributed by atoms with E-state index in [0.717, 1.165) is 5.56 Å². The quantitative estimate of drug-likeness (QED) is 0.928. The van der Waals surface area contributed by atoms with Crippen LogP contribution in [-0.2, 0) is 6.54 Å². The first-order valence-corrected chi connectivity index (χ1v) is 6.53. The first kappa shape index (κ1) is 13.7. The fraction of sp³-hybridized carbons (Fsp3) is 0.267. The topological polar surface area (TPSA) is 40.8 Å². The van der Waals surface area contributed by atoms with Crippen LogP contribution in [0.2, 0.25) is 5.02 Å². The van der Waals surface area contributed by atoms with Crippen molar-refractivity contribution in [1.29, 1.82) is 5.26 Å². The lowest BCUT2D eigenvalue weighted by Crippen LogP contribution is -2.11. The summed E-state index contributed by atoms with van der Waals surface area (Å²) in [7, 11) is 1.94. The first-order valence-electron chi connectivity index (χ1n) is 6.15. The maximum atomic E-state index is 8.81. The van der Waals surface area contributed by atoms with Gasteiger partial charge >= 0.3 is 0 Å². The molecule has 98 valence electrons. The van der Waals surface area contributed by atoms with E-state index in [9.17, 15) is 0 Å². The summed E-state index contributed by atoms with van der Waals surface area (Å²) in [4.78, 5) is 0. The molecule has 0 spiro atoms. The molecule has 1 aromatic heterocycles. The second kappa shape index (κ2) is 5.92. The summed E-state index contributed by atoms with van der Waals surface area (Å²) in [6, 6.07) is 9.92. The SMILES string of the molecule is CNC(C)c1ccn(Cc2ccc(C#N)cc2Cl)c1. The summed E-state index contributed by atoms with van der Waals surface area (Å²) < 4.78 is 2.09. The van der Waals surface area contributed by atoms with Crippen molar-refractivity contribution < 1.29 is 0 Å². The molecule has 2 aromatic rings. The van der Waals surface area contributed by atoms with Gasteiger partial charge in [0.15, 0.2) is 0 Å². The van der Waals surface area contributed by atoms with Gasteiger partial charge in [0.2, 0.25) is 0 Å². The zero-order chi connectivity index (χ0) is 13.8. The lowest BCUT2D eigenvalue weighted by molar-refractivity contribution is 0.649. The highest BCUT2D eigenvalue weighted by atomic mass is 35.5. The van der Waals surface area contributed by atoms with Gasteiger partial charge in [-0.2, -0.15) is 5.26 Å². The molecule has 0 amide bonds. The van der Waals surface area contributed by atoms with E-state index in [1.165, 1.54) is 5.56 Å². The molecule has 1 unspecified atom stereocenters. The average Bonchev–Trinajstić information content (AvgIpc) is 2.88. The minimum Gasteiger partial charge on any atom is -0.350 e. The highest BCUT2D eigenvalue weighted by Gasteiger charge is 2.06. The van der Waals surface area contributed by atoms with E-state index in [-0.39, 0.29) is 0 Å². The molecular weight excluding hydrogens is 258 g/mol. The molecule has 4 heteroatoms. The summed E-state index contributed by atoms with van der Waals surface area (Å²) in [6.45, 7) is 2.83. The van der Waals surface area contributed by atoms with E-state index in [2.05, 4.69) is 35.1 Å². The lowest BCUT2D eigenvalue weighted by Gasteiger charge is -2.08. The minimum atomic E-state index is 0.331. The van der Waals surface area contributed by atoms with E-state index >= 15 is 0 Å². The molecule has 0 saturated heterocycles. The summed E-state index contributed by atoms with van der Waals surface area (Å²) in [5, 5.41) is 12.7. The third-order valence-electron chi connectivity index (χ3n) is 3.24. The second-order valence-electron chi connectivity index (χ2n) is 4.55. The molecular formula is C15H16ClN3.